The maximum atomic E-state index is 13.1. The van der Waals surface area contributed by atoms with Crippen LogP contribution >= 0.6 is 0 Å². The molecule has 1 fully saturated rings. The zero-order valence-corrected chi connectivity index (χ0v) is 17.3. The molecule has 6 heteroatoms. The van der Waals surface area contributed by atoms with Crippen molar-refractivity contribution in [3.8, 4) is 11.5 Å². The number of ketones is 1. The minimum atomic E-state index is -0.136. The summed E-state index contributed by atoms with van der Waals surface area (Å²) in [5.74, 6) is 1.02. The summed E-state index contributed by atoms with van der Waals surface area (Å²) in [4.78, 5) is 25.9. The molecular formula is C24H26N2O4. The minimum absolute atomic E-state index is 0.0480. The van der Waals surface area contributed by atoms with Crippen molar-refractivity contribution in [1.29, 1.82) is 0 Å². The molecule has 1 saturated carbocycles. The van der Waals surface area contributed by atoms with Gasteiger partial charge < -0.3 is 9.47 Å². The standard InChI is InChI=1S/C24H26N2O4/c1-29-21-13-12-17(14-22(21)30-2)23-18-10-6-7-11-19(18)24(28)26(25-23)15-20(27)16-8-4-3-5-9-16/h3-5,8-9,12-14,18-19H,6-7,10-11,15H2,1-2H3/t18-,19+/m1/s1. The second-order valence-corrected chi connectivity index (χ2v) is 7.74. The van der Waals surface area contributed by atoms with Crippen LogP contribution in [0.2, 0.25) is 0 Å². The molecule has 1 aliphatic heterocycles. The molecule has 30 heavy (non-hydrogen) atoms. The smallest absolute Gasteiger partial charge is 0.246 e. The molecule has 2 aromatic rings. The number of methoxy groups -OCH3 is 2. The Morgan fingerprint density at radius 3 is 2.40 bits per heavy atom. The Kier molecular flexibility index (Phi) is 5.84. The lowest BCUT2D eigenvalue weighted by atomic mass is 9.73. The Labute approximate surface area is 176 Å². The monoisotopic (exact) mass is 406 g/mol. The molecule has 0 bridgehead atoms. The number of carbonyl (C=O) groups is 2. The van der Waals surface area contributed by atoms with Gasteiger partial charge in [0.25, 0.3) is 0 Å². The van der Waals surface area contributed by atoms with Crippen LogP contribution in [0, 0.1) is 11.8 Å². The van der Waals surface area contributed by atoms with Crippen molar-refractivity contribution in [3.63, 3.8) is 0 Å². The molecule has 0 saturated heterocycles. The van der Waals surface area contributed by atoms with Crippen LogP contribution in [0.15, 0.2) is 53.6 Å². The number of rotatable bonds is 6. The zero-order chi connectivity index (χ0) is 21.1. The average molecular weight is 406 g/mol. The van der Waals surface area contributed by atoms with Crippen LogP contribution in [0.3, 0.4) is 0 Å². The first-order chi connectivity index (χ1) is 14.6. The van der Waals surface area contributed by atoms with Crippen molar-refractivity contribution in [3.05, 3.63) is 59.7 Å². The van der Waals surface area contributed by atoms with Crippen LogP contribution in [0.25, 0.3) is 0 Å². The van der Waals surface area contributed by atoms with Crippen LogP contribution in [0.1, 0.15) is 41.6 Å². The van der Waals surface area contributed by atoms with Crippen molar-refractivity contribution >= 4 is 17.4 Å². The number of Topliss-reactive ketones (excluding diaryl/α,β-unsaturated/α-hetero) is 1. The van der Waals surface area contributed by atoms with Gasteiger partial charge in [0.05, 0.1) is 19.9 Å². The lowest BCUT2D eigenvalue weighted by Gasteiger charge is -2.38. The maximum Gasteiger partial charge on any atom is 0.246 e. The minimum Gasteiger partial charge on any atom is -0.493 e. The van der Waals surface area contributed by atoms with E-state index in [-0.39, 0.29) is 30.1 Å². The first-order valence-electron chi connectivity index (χ1n) is 10.3. The predicted molar refractivity (Wildman–Crippen MR) is 114 cm³/mol. The van der Waals surface area contributed by atoms with Crippen molar-refractivity contribution in [2.24, 2.45) is 16.9 Å². The molecule has 4 rings (SSSR count). The first kappa shape index (κ1) is 20.1. The molecule has 0 unspecified atom stereocenters. The highest BCUT2D eigenvalue weighted by molar-refractivity contribution is 6.08. The number of amides is 1. The lowest BCUT2D eigenvalue weighted by Crippen LogP contribution is -2.47. The largest absolute Gasteiger partial charge is 0.493 e. The van der Waals surface area contributed by atoms with Crippen molar-refractivity contribution < 1.29 is 19.1 Å². The van der Waals surface area contributed by atoms with Crippen molar-refractivity contribution in [1.82, 2.24) is 5.01 Å². The third-order valence-corrected chi connectivity index (χ3v) is 5.99. The molecular weight excluding hydrogens is 380 g/mol. The van der Waals surface area contributed by atoms with Gasteiger partial charge in [0, 0.05) is 23.0 Å². The second kappa shape index (κ2) is 8.69. The van der Waals surface area contributed by atoms with Gasteiger partial charge in [-0.15, -0.1) is 0 Å². The number of nitrogens with zero attached hydrogens (tertiary/aromatic N) is 2. The van der Waals surface area contributed by atoms with Gasteiger partial charge in [-0.05, 0) is 31.0 Å². The van der Waals surface area contributed by atoms with Crippen molar-refractivity contribution in [2.45, 2.75) is 25.7 Å². The fourth-order valence-electron chi connectivity index (χ4n) is 4.43. The summed E-state index contributed by atoms with van der Waals surface area (Å²) in [7, 11) is 3.20. The molecule has 2 aromatic carbocycles. The molecule has 1 heterocycles. The van der Waals surface area contributed by atoms with Gasteiger partial charge in [-0.1, -0.05) is 43.2 Å². The lowest BCUT2D eigenvalue weighted by molar-refractivity contribution is -0.138. The summed E-state index contributed by atoms with van der Waals surface area (Å²) >= 11 is 0. The van der Waals surface area contributed by atoms with Crippen molar-refractivity contribution in [2.75, 3.05) is 20.8 Å². The third kappa shape index (κ3) is 3.82. The number of ether oxygens (including phenoxy) is 2. The van der Waals surface area contributed by atoms with E-state index in [4.69, 9.17) is 14.6 Å². The molecule has 0 N–H and O–H groups in total. The van der Waals surface area contributed by atoms with Crippen LogP contribution in [0.4, 0.5) is 0 Å². The molecule has 0 radical (unpaired) electrons. The van der Waals surface area contributed by atoms with E-state index < -0.39 is 0 Å². The van der Waals surface area contributed by atoms with E-state index in [2.05, 4.69) is 0 Å². The normalized spacial score (nSPS) is 20.9. The van der Waals surface area contributed by atoms with Crippen LogP contribution in [0.5, 0.6) is 11.5 Å². The number of fused-ring (bicyclic) bond motifs is 1. The highest BCUT2D eigenvalue weighted by Gasteiger charge is 2.41. The topological polar surface area (TPSA) is 68.2 Å². The summed E-state index contributed by atoms with van der Waals surface area (Å²) in [6.07, 6.45) is 3.84. The Bertz CT molecular complexity index is 970. The Hall–Kier alpha value is -3.15. The summed E-state index contributed by atoms with van der Waals surface area (Å²) in [6, 6.07) is 14.7. The molecule has 6 nitrogen and oxygen atoms in total. The van der Waals surface area contributed by atoms with E-state index in [9.17, 15) is 9.59 Å². The first-order valence-corrected chi connectivity index (χ1v) is 10.3. The van der Waals surface area contributed by atoms with Gasteiger partial charge in [0.2, 0.25) is 5.91 Å². The Morgan fingerprint density at radius 2 is 1.70 bits per heavy atom. The van der Waals surface area contributed by atoms with E-state index >= 15 is 0 Å². The van der Waals surface area contributed by atoms with Crippen LogP contribution in [-0.4, -0.2) is 43.2 Å². The Balaban J connectivity index is 1.70. The average Bonchev–Trinajstić information content (AvgIpc) is 2.81. The molecule has 0 aromatic heterocycles. The summed E-state index contributed by atoms with van der Waals surface area (Å²) < 4.78 is 10.8. The molecule has 156 valence electrons. The van der Waals surface area contributed by atoms with Gasteiger partial charge in [0.15, 0.2) is 17.3 Å². The van der Waals surface area contributed by atoms with Gasteiger partial charge >= 0.3 is 0 Å². The summed E-state index contributed by atoms with van der Waals surface area (Å²) in [6.45, 7) is -0.0527. The number of benzene rings is 2. The highest BCUT2D eigenvalue weighted by Crippen LogP contribution is 2.39. The number of hydrazone groups is 1. The number of hydrogen-bond acceptors (Lipinski definition) is 5. The zero-order valence-electron chi connectivity index (χ0n) is 17.3. The van der Waals surface area contributed by atoms with E-state index in [0.717, 1.165) is 37.0 Å². The fraction of sp³-hybridized carbons (Fsp3) is 0.375. The fourth-order valence-corrected chi connectivity index (χ4v) is 4.43. The highest BCUT2D eigenvalue weighted by atomic mass is 16.5. The molecule has 1 amide bonds. The van der Waals surface area contributed by atoms with E-state index in [1.165, 1.54) is 5.01 Å². The molecule has 2 atom stereocenters. The van der Waals surface area contributed by atoms with E-state index in [1.807, 2.05) is 36.4 Å². The predicted octanol–water partition coefficient (Wildman–Crippen LogP) is 3.94. The number of hydrogen-bond donors (Lipinski definition) is 0. The molecule has 1 aliphatic carbocycles. The summed E-state index contributed by atoms with van der Waals surface area (Å²) in [5.41, 5.74) is 2.33. The van der Waals surface area contributed by atoms with Crippen LogP contribution < -0.4 is 9.47 Å². The van der Waals surface area contributed by atoms with Gasteiger partial charge in [-0.3, -0.25) is 9.59 Å². The van der Waals surface area contributed by atoms with E-state index in [1.54, 1.807) is 26.4 Å². The van der Waals surface area contributed by atoms with E-state index in [0.29, 0.717) is 17.1 Å². The molecule has 0 spiro atoms. The van der Waals surface area contributed by atoms with Gasteiger partial charge in [-0.2, -0.15) is 5.10 Å². The molecule has 2 aliphatic rings. The van der Waals surface area contributed by atoms with Crippen LogP contribution in [-0.2, 0) is 4.79 Å². The van der Waals surface area contributed by atoms with Gasteiger partial charge in [0.1, 0.15) is 6.54 Å². The summed E-state index contributed by atoms with van der Waals surface area (Å²) in [5, 5.41) is 6.07. The number of carbonyl (C=O) groups excluding carboxylic acids is 2. The maximum absolute atomic E-state index is 13.1. The Morgan fingerprint density at radius 1 is 1.00 bits per heavy atom. The SMILES string of the molecule is COc1ccc(C2=NN(CC(=O)c3ccccc3)C(=O)[C@H]3CCCC[C@@H]23)cc1OC. The quantitative estimate of drug-likeness (QED) is 0.682. The second-order valence-electron chi connectivity index (χ2n) is 7.74. The third-order valence-electron chi connectivity index (χ3n) is 5.99. The van der Waals surface area contributed by atoms with Gasteiger partial charge in [-0.25, -0.2) is 5.01 Å².